The van der Waals surface area contributed by atoms with Crippen LogP contribution in [-0.2, 0) is 9.53 Å². The molecule has 0 aromatic carbocycles. The van der Waals surface area contributed by atoms with Crippen molar-refractivity contribution in [3.05, 3.63) is 34.9 Å². The third-order valence-electron chi connectivity index (χ3n) is 8.74. The molecule has 6 bridgehead atoms. The van der Waals surface area contributed by atoms with Crippen molar-refractivity contribution < 1.29 is 19.7 Å². The SMILES string of the molecule is C1=C2CCC(C1)C2.C1=C2CCC(C1)C2.C1=C2CCC(C1)C2.CCC(=O)OCC(CC)(CO)CO. The fraction of sp³-hybridized carbons (Fsp3) is 0.767. The molecule has 0 aromatic heterocycles. The number of hydrogen-bond donors (Lipinski definition) is 2. The van der Waals surface area contributed by atoms with Gasteiger partial charge in [-0.05, 0) is 101 Å². The molecule has 0 saturated heterocycles. The van der Waals surface area contributed by atoms with Crippen LogP contribution < -0.4 is 0 Å². The van der Waals surface area contributed by atoms with E-state index in [1.165, 1.54) is 77.0 Å². The summed E-state index contributed by atoms with van der Waals surface area (Å²) in [5.74, 6) is 2.93. The second kappa shape index (κ2) is 13.6. The number of carbonyl (C=O) groups excluding carboxylic acids is 1. The van der Waals surface area contributed by atoms with Crippen molar-refractivity contribution in [2.45, 2.75) is 104 Å². The maximum atomic E-state index is 10.8. The van der Waals surface area contributed by atoms with Crippen molar-refractivity contribution in [3.8, 4) is 0 Å². The quantitative estimate of drug-likeness (QED) is 0.335. The normalized spacial score (nSPS) is 26.9. The number of carbonyl (C=O) groups is 1. The van der Waals surface area contributed by atoms with Gasteiger partial charge in [0.25, 0.3) is 0 Å². The van der Waals surface area contributed by atoms with Gasteiger partial charge in [-0.2, -0.15) is 0 Å². The molecule has 3 atom stereocenters. The maximum Gasteiger partial charge on any atom is 0.305 e. The van der Waals surface area contributed by atoms with Crippen LogP contribution in [0.3, 0.4) is 0 Å². The van der Waals surface area contributed by atoms with E-state index in [2.05, 4.69) is 18.2 Å². The van der Waals surface area contributed by atoms with E-state index in [4.69, 9.17) is 14.9 Å². The van der Waals surface area contributed by atoms with Gasteiger partial charge < -0.3 is 14.9 Å². The molecular formula is C30H48O4. The van der Waals surface area contributed by atoms with E-state index < -0.39 is 5.41 Å². The molecule has 0 amide bonds. The number of aliphatic hydroxyl groups is 2. The van der Waals surface area contributed by atoms with Crippen LogP contribution in [0.4, 0.5) is 0 Å². The minimum Gasteiger partial charge on any atom is -0.465 e. The van der Waals surface area contributed by atoms with Crippen molar-refractivity contribution >= 4 is 5.97 Å². The molecule has 34 heavy (non-hydrogen) atoms. The zero-order chi connectivity index (χ0) is 24.4. The molecule has 4 heteroatoms. The van der Waals surface area contributed by atoms with Crippen molar-refractivity contribution in [2.24, 2.45) is 23.2 Å². The molecule has 0 aliphatic heterocycles. The standard InChI is InChI=1S/C9H18O4.3C7H10/c1-3-8(12)13-7-9(4-2,5-10)6-11;3*1-2-7-4-3-6(1)5-7/h10-11H,3-7H2,1-2H3;3*1,7H,2-5H2. The molecule has 0 spiro atoms. The maximum absolute atomic E-state index is 10.8. The molecule has 4 nitrogen and oxygen atoms in total. The van der Waals surface area contributed by atoms with Gasteiger partial charge in [-0.1, -0.05) is 48.8 Å². The Morgan fingerprint density at radius 2 is 1.24 bits per heavy atom. The molecular weight excluding hydrogens is 424 g/mol. The van der Waals surface area contributed by atoms with Gasteiger partial charge in [-0.25, -0.2) is 0 Å². The largest absolute Gasteiger partial charge is 0.465 e. The summed E-state index contributed by atoms with van der Waals surface area (Å²) in [7, 11) is 0. The lowest BCUT2D eigenvalue weighted by molar-refractivity contribution is -0.149. The van der Waals surface area contributed by atoms with E-state index in [1.807, 2.05) is 6.92 Å². The summed E-state index contributed by atoms with van der Waals surface area (Å²) >= 11 is 0. The molecule has 6 aliphatic carbocycles. The Morgan fingerprint density at radius 3 is 1.38 bits per heavy atom. The van der Waals surface area contributed by atoms with E-state index >= 15 is 0 Å². The Kier molecular flexibility index (Phi) is 10.9. The molecule has 6 aliphatic rings. The number of esters is 1. The monoisotopic (exact) mass is 472 g/mol. The van der Waals surface area contributed by atoms with E-state index in [9.17, 15) is 4.79 Å². The highest BCUT2D eigenvalue weighted by atomic mass is 16.5. The number of allylic oxidation sites excluding steroid dienone is 6. The van der Waals surface area contributed by atoms with Gasteiger partial charge in [-0.15, -0.1) is 0 Å². The van der Waals surface area contributed by atoms with E-state index in [1.54, 1.807) is 23.6 Å². The van der Waals surface area contributed by atoms with Gasteiger partial charge in [0.05, 0.1) is 18.6 Å². The molecule has 0 aromatic rings. The Balaban J connectivity index is 0.000000131. The summed E-state index contributed by atoms with van der Waals surface area (Å²) in [4.78, 5) is 10.8. The average molecular weight is 473 g/mol. The van der Waals surface area contributed by atoms with Crippen LogP contribution in [0.2, 0.25) is 0 Å². The predicted octanol–water partition coefficient (Wildman–Crippen LogP) is 6.67. The molecule has 2 N–H and O–H groups in total. The minimum absolute atomic E-state index is 0.0865. The zero-order valence-electron chi connectivity index (χ0n) is 21.7. The van der Waals surface area contributed by atoms with Gasteiger partial charge >= 0.3 is 5.97 Å². The molecule has 3 fully saturated rings. The summed E-state index contributed by atoms with van der Waals surface area (Å²) in [5.41, 5.74) is 4.55. The first-order chi connectivity index (χ1) is 16.5. The Bertz CT molecular complexity index is 663. The number of fused-ring (bicyclic) bond motifs is 6. The van der Waals surface area contributed by atoms with Crippen molar-refractivity contribution in [2.75, 3.05) is 19.8 Å². The molecule has 3 unspecified atom stereocenters. The van der Waals surface area contributed by atoms with E-state index in [-0.39, 0.29) is 25.8 Å². The lowest BCUT2D eigenvalue weighted by Gasteiger charge is -2.27. The van der Waals surface area contributed by atoms with Crippen LogP contribution >= 0.6 is 0 Å². The lowest BCUT2D eigenvalue weighted by Crippen LogP contribution is -2.35. The smallest absolute Gasteiger partial charge is 0.305 e. The summed E-state index contributed by atoms with van der Waals surface area (Å²) < 4.78 is 4.87. The summed E-state index contributed by atoms with van der Waals surface area (Å²) in [6.07, 6.45) is 25.4. The Labute approximate surface area is 207 Å². The molecule has 0 heterocycles. The second-order valence-corrected chi connectivity index (χ2v) is 11.3. The summed E-state index contributed by atoms with van der Waals surface area (Å²) in [6.45, 7) is 3.29. The Morgan fingerprint density at radius 1 is 0.824 bits per heavy atom. The average Bonchev–Trinajstić information content (AvgIpc) is 3.74. The van der Waals surface area contributed by atoms with E-state index in [0.29, 0.717) is 12.8 Å². The van der Waals surface area contributed by atoms with E-state index in [0.717, 1.165) is 17.8 Å². The topological polar surface area (TPSA) is 66.8 Å². The Hall–Kier alpha value is -1.39. The van der Waals surface area contributed by atoms with Crippen LogP contribution in [0.5, 0.6) is 0 Å². The van der Waals surface area contributed by atoms with Gasteiger partial charge in [0.2, 0.25) is 0 Å². The van der Waals surface area contributed by atoms with Crippen LogP contribution in [0.15, 0.2) is 34.9 Å². The first-order valence-corrected chi connectivity index (χ1v) is 13.9. The fourth-order valence-corrected chi connectivity index (χ4v) is 5.86. The summed E-state index contributed by atoms with van der Waals surface area (Å²) in [5, 5.41) is 18.0. The first kappa shape index (κ1) is 27.2. The lowest BCUT2D eigenvalue weighted by atomic mass is 9.88. The fourth-order valence-electron chi connectivity index (χ4n) is 5.86. The number of rotatable bonds is 6. The third-order valence-corrected chi connectivity index (χ3v) is 8.74. The van der Waals surface area contributed by atoms with Crippen LogP contribution in [-0.4, -0.2) is 36.0 Å². The highest BCUT2D eigenvalue weighted by Gasteiger charge is 2.28. The van der Waals surface area contributed by atoms with Gasteiger partial charge in [0.15, 0.2) is 0 Å². The van der Waals surface area contributed by atoms with Gasteiger partial charge in [-0.3, -0.25) is 4.79 Å². The van der Waals surface area contributed by atoms with Crippen molar-refractivity contribution in [1.29, 1.82) is 0 Å². The first-order valence-electron chi connectivity index (χ1n) is 13.9. The van der Waals surface area contributed by atoms with Crippen molar-refractivity contribution in [3.63, 3.8) is 0 Å². The highest BCUT2D eigenvalue weighted by Crippen LogP contribution is 2.40. The molecule has 192 valence electrons. The van der Waals surface area contributed by atoms with Crippen LogP contribution in [0.25, 0.3) is 0 Å². The predicted molar refractivity (Wildman–Crippen MR) is 138 cm³/mol. The molecule has 0 radical (unpaired) electrons. The molecule has 6 rings (SSSR count). The molecule has 3 saturated carbocycles. The van der Waals surface area contributed by atoms with Gasteiger partial charge in [0.1, 0.15) is 6.61 Å². The van der Waals surface area contributed by atoms with Crippen LogP contribution in [0.1, 0.15) is 104 Å². The second-order valence-electron chi connectivity index (χ2n) is 11.3. The third kappa shape index (κ3) is 8.09. The summed E-state index contributed by atoms with van der Waals surface area (Å²) in [6, 6.07) is 0. The zero-order valence-corrected chi connectivity index (χ0v) is 21.7. The van der Waals surface area contributed by atoms with Crippen LogP contribution in [0, 0.1) is 23.2 Å². The number of hydrogen-bond acceptors (Lipinski definition) is 4. The highest BCUT2D eigenvalue weighted by molar-refractivity contribution is 5.68. The minimum atomic E-state index is -0.676. The van der Waals surface area contributed by atoms with Crippen molar-refractivity contribution in [1.82, 2.24) is 0 Å². The van der Waals surface area contributed by atoms with Gasteiger partial charge in [0, 0.05) is 6.42 Å². The number of ether oxygens (including phenoxy) is 1. The number of aliphatic hydroxyl groups excluding tert-OH is 2.